The number of hydrogen-bond acceptors (Lipinski definition) is 6. The van der Waals surface area contributed by atoms with Crippen LogP contribution in [-0.4, -0.2) is 54.5 Å². The van der Waals surface area contributed by atoms with Gasteiger partial charge in [-0.3, -0.25) is 9.59 Å². The molecule has 0 radical (unpaired) electrons. The average Bonchev–Trinajstić information content (AvgIpc) is 3.18. The number of methoxy groups -OCH3 is 2. The van der Waals surface area contributed by atoms with Crippen molar-refractivity contribution in [1.82, 2.24) is 9.47 Å². The van der Waals surface area contributed by atoms with Gasteiger partial charge in [-0.15, -0.1) is 0 Å². The van der Waals surface area contributed by atoms with Gasteiger partial charge >= 0.3 is 0 Å². The first-order valence-corrected chi connectivity index (χ1v) is 11.3. The summed E-state index contributed by atoms with van der Waals surface area (Å²) in [4.78, 5) is 29.5. The Kier molecular flexibility index (Phi) is 5.57. The predicted molar refractivity (Wildman–Crippen MR) is 133 cm³/mol. The number of aromatic nitrogens is 1. The zero-order valence-electron chi connectivity index (χ0n) is 20.1. The molecule has 0 saturated carbocycles. The Balaban J connectivity index is 1.83. The van der Waals surface area contributed by atoms with Gasteiger partial charge in [-0.1, -0.05) is 24.3 Å². The third-order valence-electron chi connectivity index (χ3n) is 6.40. The van der Waals surface area contributed by atoms with Crippen molar-refractivity contribution in [2.24, 2.45) is 0 Å². The quantitative estimate of drug-likeness (QED) is 0.400. The summed E-state index contributed by atoms with van der Waals surface area (Å²) in [5.41, 5.74) is 3.61. The van der Waals surface area contributed by atoms with Crippen molar-refractivity contribution in [3.63, 3.8) is 0 Å². The number of carbonyl (C=O) groups is 2. The molecule has 1 heterocycles. The summed E-state index contributed by atoms with van der Waals surface area (Å²) in [7, 11) is 6.96. The van der Waals surface area contributed by atoms with Crippen LogP contribution < -0.4 is 9.47 Å². The standard InChI is InChI=1S/C28H26N2O5/c1-29(2)15-21-23(31)10-9-22-24(21)25-26(28(33)20-8-6-5-7-19(20)27(25)32)30(22)14-16-11-17(34-3)13-18(12-16)35-4/h5-13,31H,14-15H2,1-4H3. The molecule has 0 amide bonds. The molecule has 178 valence electrons. The van der Waals surface area contributed by atoms with Crippen molar-refractivity contribution < 1.29 is 24.2 Å². The van der Waals surface area contributed by atoms with E-state index in [-0.39, 0.29) is 17.3 Å². The number of hydrogen-bond donors (Lipinski definition) is 1. The molecule has 0 bridgehead atoms. The summed E-state index contributed by atoms with van der Waals surface area (Å²) >= 11 is 0. The minimum atomic E-state index is -0.215. The van der Waals surface area contributed by atoms with Crippen LogP contribution in [0.4, 0.5) is 0 Å². The van der Waals surface area contributed by atoms with Crippen LogP contribution in [0.25, 0.3) is 10.9 Å². The molecule has 1 aromatic heterocycles. The Morgan fingerprint density at radius 2 is 1.51 bits per heavy atom. The van der Waals surface area contributed by atoms with E-state index in [9.17, 15) is 14.7 Å². The van der Waals surface area contributed by atoms with Crippen LogP contribution in [0.15, 0.2) is 54.6 Å². The van der Waals surface area contributed by atoms with E-state index in [2.05, 4.69) is 0 Å². The number of nitrogens with zero attached hydrogens (tertiary/aromatic N) is 2. The maximum absolute atomic E-state index is 13.8. The van der Waals surface area contributed by atoms with Crippen molar-refractivity contribution in [3.05, 3.63) is 88.1 Å². The fourth-order valence-corrected chi connectivity index (χ4v) is 4.88. The van der Waals surface area contributed by atoms with Gasteiger partial charge in [0.2, 0.25) is 5.78 Å². The first kappa shape index (κ1) is 22.7. The molecule has 1 aliphatic rings. The second-order valence-electron chi connectivity index (χ2n) is 8.93. The lowest BCUT2D eigenvalue weighted by Gasteiger charge is -2.18. The first-order valence-electron chi connectivity index (χ1n) is 11.3. The number of ketones is 2. The van der Waals surface area contributed by atoms with E-state index < -0.39 is 0 Å². The summed E-state index contributed by atoms with van der Waals surface area (Å²) < 4.78 is 12.7. The van der Waals surface area contributed by atoms with Crippen LogP contribution in [0.5, 0.6) is 17.2 Å². The molecule has 0 atom stereocenters. The molecular formula is C28H26N2O5. The van der Waals surface area contributed by atoms with Crippen LogP contribution in [0.1, 0.15) is 43.1 Å². The second kappa shape index (κ2) is 8.60. The SMILES string of the molecule is COc1cc(Cn2c3c(c4c(CN(C)C)c(O)ccc42)C(=O)c2ccccc2C3=O)cc(OC)c1. The molecule has 0 fully saturated rings. The molecule has 0 saturated heterocycles. The van der Waals surface area contributed by atoms with Crippen LogP contribution in [0, 0.1) is 0 Å². The normalized spacial score (nSPS) is 12.7. The lowest BCUT2D eigenvalue weighted by molar-refractivity contribution is 0.0974. The summed E-state index contributed by atoms with van der Waals surface area (Å²) in [6.45, 7) is 0.725. The molecule has 0 spiro atoms. The van der Waals surface area contributed by atoms with Crippen molar-refractivity contribution in [3.8, 4) is 17.2 Å². The van der Waals surface area contributed by atoms with Gasteiger partial charge in [0.05, 0.1) is 25.3 Å². The zero-order valence-corrected chi connectivity index (χ0v) is 20.1. The highest BCUT2D eigenvalue weighted by Gasteiger charge is 2.36. The second-order valence-corrected chi connectivity index (χ2v) is 8.93. The van der Waals surface area contributed by atoms with E-state index in [1.165, 1.54) is 0 Å². The van der Waals surface area contributed by atoms with Gasteiger partial charge < -0.3 is 24.0 Å². The molecule has 5 rings (SSSR count). The third-order valence-corrected chi connectivity index (χ3v) is 6.40. The Hall–Kier alpha value is -4.10. The van der Waals surface area contributed by atoms with Crippen LogP contribution >= 0.6 is 0 Å². The number of carbonyl (C=O) groups excluding carboxylic acids is 2. The number of phenols is 1. The monoisotopic (exact) mass is 470 g/mol. The number of ether oxygens (including phenoxy) is 2. The average molecular weight is 471 g/mol. The van der Waals surface area contributed by atoms with Gasteiger partial charge in [0, 0.05) is 41.2 Å². The third kappa shape index (κ3) is 3.65. The molecule has 7 nitrogen and oxygen atoms in total. The molecule has 1 aliphatic carbocycles. The van der Waals surface area contributed by atoms with Crippen molar-refractivity contribution in [2.75, 3.05) is 28.3 Å². The van der Waals surface area contributed by atoms with Crippen LogP contribution in [0.3, 0.4) is 0 Å². The number of phenolic OH excluding ortho intramolecular Hbond substituents is 1. The van der Waals surface area contributed by atoms with E-state index in [4.69, 9.17) is 9.47 Å². The molecule has 7 heteroatoms. The topological polar surface area (TPSA) is 81.0 Å². The summed E-state index contributed by atoms with van der Waals surface area (Å²) in [5, 5.41) is 11.4. The number of fused-ring (bicyclic) bond motifs is 4. The highest BCUT2D eigenvalue weighted by molar-refractivity contribution is 6.32. The van der Waals surface area contributed by atoms with Gasteiger partial charge in [-0.2, -0.15) is 0 Å². The van der Waals surface area contributed by atoms with Gasteiger partial charge in [0.25, 0.3) is 0 Å². The minimum Gasteiger partial charge on any atom is -0.508 e. The minimum absolute atomic E-state index is 0.0910. The maximum Gasteiger partial charge on any atom is 0.210 e. The van der Waals surface area contributed by atoms with Crippen LogP contribution in [0.2, 0.25) is 0 Å². The van der Waals surface area contributed by atoms with E-state index >= 15 is 0 Å². The fraction of sp³-hybridized carbons (Fsp3) is 0.214. The lowest BCUT2D eigenvalue weighted by Crippen LogP contribution is -2.23. The summed E-state index contributed by atoms with van der Waals surface area (Å²) in [6.07, 6.45) is 0. The summed E-state index contributed by atoms with van der Waals surface area (Å²) in [5.74, 6) is 0.921. The lowest BCUT2D eigenvalue weighted by atomic mass is 9.86. The van der Waals surface area contributed by atoms with Crippen LogP contribution in [-0.2, 0) is 13.1 Å². The Labute approximate surface area is 203 Å². The maximum atomic E-state index is 13.8. The predicted octanol–water partition coefficient (Wildman–Crippen LogP) is 4.25. The molecule has 4 aromatic rings. The largest absolute Gasteiger partial charge is 0.508 e. The number of rotatable bonds is 6. The molecule has 3 aromatic carbocycles. The first-order chi connectivity index (χ1) is 16.8. The molecular weight excluding hydrogens is 444 g/mol. The van der Waals surface area contributed by atoms with E-state index in [0.717, 1.165) is 5.56 Å². The van der Waals surface area contributed by atoms with Gasteiger partial charge in [-0.25, -0.2) is 0 Å². The Morgan fingerprint density at radius 1 is 0.886 bits per heavy atom. The van der Waals surface area contributed by atoms with Crippen molar-refractivity contribution in [2.45, 2.75) is 13.1 Å². The highest BCUT2D eigenvalue weighted by Crippen LogP contribution is 2.40. The molecule has 0 unspecified atom stereocenters. The number of benzene rings is 3. The van der Waals surface area contributed by atoms with Gasteiger partial charge in [0.1, 0.15) is 22.9 Å². The van der Waals surface area contributed by atoms with Gasteiger partial charge in [0.15, 0.2) is 5.78 Å². The van der Waals surface area contributed by atoms with E-state index in [1.807, 2.05) is 35.7 Å². The molecule has 1 N–H and O–H groups in total. The fourth-order valence-electron chi connectivity index (χ4n) is 4.88. The van der Waals surface area contributed by atoms with Crippen molar-refractivity contribution >= 4 is 22.5 Å². The van der Waals surface area contributed by atoms with E-state index in [0.29, 0.717) is 63.4 Å². The number of aromatic hydroxyl groups is 1. The van der Waals surface area contributed by atoms with Gasteiger partial charge in [-0.05, 0) is 43.9 Å². The van der Waals surface area contributed by atoms with E-state index in [1.54, 1.807) is 56.7 Å². The Morgan fingerprint density at radius 3 is 2.11 bits per heavy atom. The highest BCUT2D eigenvalue weighted by atomic mass is 16.5. The smallest absolute Gasteiger partial charge is 0.210 e. The molecule has 0 aliphatic heterocycles. The summed E-state index contributed by atoms with van der Waals surface area (Å²) in [6, 6.07) is 15.8. The zero-order chi connectivity index (χ0) is 24.9. The molecule has 35 heavy (non-hydrogen) atoms. The van der Waals surface area contributed by atoms with Crippen molar-refractivity contribution in [1.29, 1.82) is 0 Å². The Bertz CT molecular complexity index is 1480.